The highest BCUT2D eigenvalue weighted by Gasteiger charge is 2.21. The molecule has 1 aromatic heterocycles. The summed E-state index contributed by atoms with van der Waals surface area (Å²) < 4.78 is 5.17. The van der Waals surface area contributed by atoms with E-state index >= 15 is 0 Å². The van der Waals surface area contributed by atoms with Crippen molar-refractivity contribution in [3.05, 3.63) is 47.2 Å². The zero-order valence-corrected chi connectivity index (χ0v) is 11.2. The van der Waals surface area contributed by atoms with Crippen LogP contribution >= 0.6 is 0 Å². The number of nitrogens with one attached hydrogen (secondary N) is 1. The van der Waals surface area contributed by atoms with E-state index in [1.807, 2.05) is 13.0 Å². The van der Waals surface area contributed by atoms with E-state index in [-0.39, 0.29) is 0 Å². The Morgan fingerprint density at radius 2 is 1.84 bits per heavy atom. The third-order valence-corrected chi connectivity index (χ3v) is 3.42. The predicted octanol–water partition coefficient (Wildman–Crippen LogP) is 2.37. The lowest BCUT2D eigenvalue weighted by atomic mass is 10.1. The van der Waals surface area contributed by atoms with Crippen LogP contribution in [0.5, 0.6) is 5.88 Å². The number of ether oxygens (including phenoxy) is 1. The van der Waals surface area contributed by atoms with Crippen LogP contribution in [0.25, 0.3) is 0 Å². The molecule has 0 radical (unpaired) electrons. The van der Waals surface area contributed by atoms with Crippen molar-refractivity contribution in [3.63, 3.8) is 0 Å². The van der Waals surface area contributed by atoms with Crippen LogP contribution in [-0.2, 0) is 12.8 Å². The van der Waals surface area contributed by atoms with Gasteiger partial charge < -0.3 is 10.1 Å². The van der Waals surface area contributed by atoms with Gasteiger partial charge in [-0.1, -0.05) is 24.3 Å². The normalized spacial score (nSPS) is 14.2. The maximum Gasteiger partial charge on any atom is 0.226 e. The molecule has 0 aliphatic heterocycles. The average molecular weight is 255 g/mol. The molecule has 1 aliphatic carbocycles. The Balaban J connectivity index is 1.75. The Morgan fingerprint density at radius 3 is 2.47 bits per heavy atom. The summed E-state index contributed by atoms with van der Waals surface area (Å²) in [5, 5.41) is 3.40. The van der Waals surface area contributed by atoms with Gasteiger partial charge in [-0.25, -0.2) is 4.98 Å². The first-order valence-electron chi connectivity index (χ1n) is 6.47. The van der Waals surface area contributed by atoms with Crippen LogP contribution in [0.4, 0.5) is 5.95 Å². The molecule has 1 heterocycles. The third-order valence-electron chi connectivity index (χ3n) is 3.42. The molecule has 4 heteroatoms. The highest BCUT2D eigenvalue weighted by molar-refractivity contribution is 5.39. The summed E-state index contributed by atoms with van der Waals surface area (Å²) in [5.41, 5.74) is 3.74. The van der Waals surface area contributed by atoms with Crippen molar-refractivity contribution >= 4 is 5.95 Å². The van der Waals surface area contributed by atoms with Crippen molar-refractivity contribution in [1.82, 2.24) is 9.97 Å². The Kier molecular flexibility index (Phi) is 3.07. The molecule has 0 saturated heterocycles. The van der Waals surface area contributed by atoms with Gasteiger partial charge in [0.2, 0.25) is 11.8 Å². The van der Waals surface area contributed by atoms with E-state index in [2.05, 4.69) is 39.6 Å². The van der Waals surface area contributed by atoms with Gasteiger partial charge in [0.1, 0.15) is 0 Å². The molecule has 1 aliphatic rings. The van der Waals surface area contributed by atoms with E-state index in [0.29, 0.717) is 17.9 Å². The lowest BCUT2D eigenvalue weighted by Crippen LogP contribution is -2.21. The Labute approximate surface area is 112 Å². The largest absolute Gasteiger partial charge is 0.481 e. The lowest BCUT2D eigenvalue weighted by Gasteiger charge is -2.13. The number of fused-ring (bicyclic) bond motifs is 1. The van der Waals surface area contributed by atoms with Crippen LogP contribution in [0.1, 0.15) is 16.8 Å². The number of anilines is 1. The molecule has 98 valence electrons. The maximum atomic E-state index is 5.17. The fraction of sp³-hybridized carbons (Fsp3) is 0.333. The number of hydrogen-bond acceptors (Lipinski definition) is 4. The van der Waals surface area contributed by atoms with Gasteiger partial charge in [0.05, 0.1) is 7.11 Å². The Bertz CT molecular complexity index is 573. The number of nitrogens with zero attached hydrogens (tertiary/aromatic N) is 2. The second kappa shape index (κ2) is 4.88. The molecule has 0 amide bonds. The predicted molar refractivity (Wildman–Crippen MR) is 74.6 cm³/mol. The van der Waals surface area contributed by atoms with Crippen LogP contribution in [0.2, 0.25) is 0 Å². The molecule has 1 aromatic carbocycles. The topological polar surface area (TPSA) is 47.0 Å². The van der Waals surface area contributed by atoms with Crippen molar-refractivity contribution in [2.24, 2.45) is 0 Å². The van der Waals surface area contributed by atoms with Crippen LogP contribution in [0, 0.1) is 6.92 Å². The molecule has 0 saturated carbocycles. The van der Waals surface area contributed by atoms with Gasteiger partial charge in [-0.05, 0) is 30.9 Å². The summed E-state index contributed by atoms with van der Waals surface area (Å²) in [6.45, 7) is 1.94. The third kappa shape index (κ3) is 2.52. The number of hydrogen-bond donors (Lipinski definition) is 1. The molecule has 2 aromatic rings. The zero-order chi connectivity index (χ0) is 13.2. The second-order valence-electron chi connectivity index (χ2n) is 4.89. The first-order chi connectivity index (χ1) is 9.24. The minimum absolute atomic E-state index is 0.365. The summed E-state index contributed by atoms with van der Waals surface area (Å²) in [7, 11) is 1.62. The van der Waals surface area contributed by atoms with E-state index in [9.17, 15) is 0 Å². The number of rotatable bonds is 3. The van der Waals surface area contributed by atoms with E-state index in [4.69, 9.17) is 4.74 Å². The second-order valence-corrected chi connectivity index (χ2v) is 4.89. The molecular weight excluding hydrogens is 238 g/mol. The van der Waals surface area contributed by atoms with E-state index in [1.165, 1.54) is 11.1 Å². The van der Waals surface area contributed by atoms with Crippen molar-refractivity contribution in [3.8, 4) is 5.88 Å². The van der Waals surface area contributed by atoms with Crippen molar-refractivity contribution in [1.29, 1.82) is 0 Å². The summed E-state index contributed by atoms with van der Waals surface area (Å²) in [5.74, 6) is 1.25. The first kappa shape index (κ1) is 12.0. The molecular formula is C15H17N3O. The minimum Gasteiger partial charge on any atom is -0.481 e. The average Bonchev–Trinajstić information content (AvgIpc) is 2.80. The van der Waals surface area contributed by atoms with Crippen LogP contribution < -0.4 is 10.1 Å². The van der Waals surface area contributed by atoms with Crippen LogP contribution in [0.3, 0.4) is 0 Å². The quantitative estimate of drug-likeness (QED) is 0.914. The highest BCUT2D eigenvalue weighted by Crippen LogP contribution is 2.24. The summed E-state index contributed by atoms with van der Waals surface area (Å²) in [4.78, 5) is 8.74. The summed E-state index contributed by atoms with van der Waals surface area (Å²) in [6.07, 6.45) is 2.05. The van der Waals surface area contributed by atoms with Crippen molar-refractivity contribution < 1.29 is 4.74 Å². The van der Waals surface area contributed by atoms with Gasteiger partial charge in [-0.15, -0.1) is 0 Å². The molecule has 0 fully saturated rings. The molecule has 3 rings (SSSR count). The van der Waals surface area contributed by atoms with Gasteiger partial charge in [-0.3, -0.25) is 0 Å². The Hall–Kier alpha value is -2.10. The SMILES string of the molecule is COc1cc(C)nc(NC2Cc3ccccc3C2)n1. The number of benzene rings is 1. The number of methoxy groups -OCH3 is 1. The zero-order valence-electron chi connectivity index (χ0n) is 11.2. The van der Waals surface area contributed by atoms with Crippen LogP contribution in [-0.4, -0.2) is 23.1 Å². The molecule has 0 atom stereocenters. The van der Waals surface area contributed by atoms with E-state index in [0.717, 1.165) is 18.5 Å². The lowest BCUT2D eigenvalue weighted by molar-refractivity contribution is 0.397. The minimum atomic E-state index is 0.365. The molecule has 19 heavy (non-hydrogen) atoms. The molecule has 0 unspecified atom stereocenters. The first-order valence-corrected chi connectivity index (χ1v) is 6.47. The molecule has 0 bridgehead atoms. The van der Waals surface area contributed by atoms with Gasteiger partial charge in [0.25, 0.3) is 0 Å². The van der Waals surface area contributed by atoms with E-state index < -0.39 is 0 Å². The maximum absolute atomic E-state index is 5.17. The molecule has 0 spiro atoms. The fourth-order valence-electron chi connectivity index (χ4n) is 2.55. The van der Waals surface area contributed by atoms with Crippen molar-refractivity contribution in [2.75, 3.05) is 12.4 Å². The van der Waals surface area contributed by atoms with Crippen LogP contribution in [0.15, 0.2) is 30.3 Å². The van der Waals surface area contributed by atoms with Gasteiger partial charge in [0.15, 0.2) is 0 Å². The fourth-order valence-corrected chi connectivity index (χ4v) is 2.55. The van der Waals surface area contributed by atoms with Crippen molar-refractivity contribution in [2.45, 2.75) is 25.8 Å². The van der Waals surface area contributed by atoms with E-state index in [1.54, 1.807) is 7.11 Å². The van der Waals surface area contributed by atoms with Gasteiger partial charge >= 0.3 is 0 Å². The summed E-state index contributed by atoms with van der Waals surface area (Å²) >= 11 is 0. The van der Waals surface area contributed by atoms with Gasteiger partial charge in [0, 0.05) is 17.8 Å². The summed E-state index contributed by atoms with van der Waals surface area (Å²) in [6, 6.07) is 10.8. The van der Waals surface area contributed by atoms with Gasteiger partial charge in [-0.2, -0.15) is 4.98 Å². The molecule has 4 nitrogen and oxygen atoms in total. The standard InChI is InChI=1S/C15H17N3O/c1-10-7-14(19-2)18-15(16-10)17-13-8-11-5-3-4-6-12(11)9-13/h3-7,13H,8-9H2,1-2H3,(H,16,17,18). The number of aromatic nitrogens is 2. The Morgan fingerprint density at radius 1 is 1.16 bits per heavy atom. The highest BCUT2D eigenvalue weighted by atomic mass is 16.5. The smallest absolute Gasteiger partial charge is 0.226 e. The monoisotopic (exact) mass is 255 g/mol. The molecule has 1 N–H and O–H groups in total. The number of aryl methyl sites for hydroxylation is 1.